The third-order valence-corrected chi connectivity index (χ3v) is 8.59. The highest BCUT2D eigenvalue weighted by atomic mass is 32.2. The van der Waals surface area contributed by atoms with E-state index in [-0.39, 0.29) is 12.5 Å². The molecule has 0 saturated heterocycles. The van der Waals surface area contributed by atoms with Crippen LogP contribution in [-0.4, -0.2) is 40.5 Å². The Morgan fingerprint density at radius 2 is 1.34 bits per heavy atom. The molecular weight excluding hydrogens is 614 g/mol. The smallest absolute Gasteiger partial charge is 0.333 e. The second-order valence-corrected chi connectivity index (χ2v) is 12.8. The summed E-state index contributed by atoms with van der Waals surface area (Å²) in [5, 5.41) is 18.6. The van der Waals surface area contributed by atoms with Gasteiger partial charge in [0.15, 0.2) is 0 Å². The van der Waals surface area contributed by atoms with Gasteiger partial charge in [0.05, 0.1) is 18.1 Å². The molecule has 1 unspecified atom stereocenters. The highest BCUT2D eigenvalue weighted by Crippen LogP contribution is 2.43. The molecule has 0 fully saturated rings. The topological polar surface area (TPSA) is 154 Å². The van der Waals surface area contributed by atoms with Crippen molar-refractivity contribution in [3.63, 3.8) is 0 Å². The van der Waals surface area contributed by atoms with Gasteiger partial charge in [0.2, 0.25) is 5.91 Å². The van der Waals surface area contributed by atoms with Gasteiger partial charge in [0, 0.05) is 36.7 Å². The van der Waals surface area contributed by atoms with E-state index in [4.69, 9.17) is 4.55 Å². The van der Waals surface area contributed by atoms with Crippen LogP contribution in [0.15, 0.2) is 103 Å². The maximum absolute atomic E-state index is 13.2. The second kappa shape index (κ2) is 18.9. The molecule has 0 spiro atoms. The van der Waals surface area contributed by atoms with Crippen LogP contribution < -0.4 is 15.4 Å². The minimum Gasteiger partial charge on any atom is -0.388 e. The molecule has 3 atom stereocenters. The van der Waals surface area contributed by atoms with Crippen LogP contribution in [0.25, 0.3) is 0 Å². The van der Waals surface area contributed by atoms with Gasteiger partial charge in [-0.25, -0.2) is 4.98 Å². The molecule has 0 saturated carbocycles. The Balaban J connectivity index is 1.42. The summed E-state index contributed by atoms with van der Waals surface area (Å²) in [6.45, 7) is 0.244. The number of amides is 1. The molecule has 2 aromatic heterocycles. The van der Waals surface area contributed by atoms with Crippen molar-refractivity contribution < 1.29 is 22.9 Å². The van der Waals surface area contributed by atoms with Crippen molar-refractivity contribution in [3.05, 3.63) is 120 Å². The van der Waals surface area contributed by atoms with Gasteiger partial charge in [-0.1, -0.05) is 99.2 Å². The van der Waals surface area contributed by atoms with Crippen molar-refractivity contribution in [1.29, 1.82) is 0 Å². The van der Waals surface area contributed by atoms with Crippen molar-refractivity contribution in [2.75, 3.05) is 17.2 Å². The SMILES string of the molecule is O=C(CCCCCCCCCCNS(=O)(=O)O)Nc1ccccc1[C@@H](Nc1ccccn1)C(c1ccccn1)[C@H](O)c1ccccc1. The van der Waals surface area contributed by atoms with Crippen LogP contribution in [0.5, 0.6) is 0 Å². The summed E-state index contributed by atoms with van der Waals surface area (Å²) >= 11 is 0. The zero-order chi connectivity index (χ0) is 33.3. The van der Waals surface area contributed by atoms with Gasteiger partial charge in [0.25, 0.3) is 0 Å². The fourth-order valence-electron chi connectivity index (χ4n) is 5.68. The Morgan fingerprint density at radius 3 is 2.00 bits per heavy atom. The number of anilines is 2. The number of aromatic nitrogens is 2. The lowest BCUT2D eigenvalue weighted by Crippen LogP contribution is -2.27. The summed E-state index contributed by atoms with van der Waals surface area (Å²) in [6.07, 6.45) is 10.3. The van der Waals surface area contributed by atoms with E-state index in [9.17, 15) is 18.3 Å². The molecule has 0 bridgehead atoms. The number of carbonyl (C=O) groups is 1. The van der Waals surface area contributed by atoms with Crippen molar-refractivity contribution in [1.82, 2.24) is 14.7 Å². The van der Waals surface area contributed by atoms with Crippen molar-refractivity contribution in [2.45, 2.75) is 75.9 Å². The molecule has 0 aliphatic heterocycles. The largest absolute Gasteiger partial charge is 0.388 e. The lowest BCUT2D eigenvalue weighted by Gasteiger charge is -2.33. The molecular formula is C36H45N5O5S. The number of para-hydroxylation sites is 1. The Kier molecular flexibility index (Phi) is 14.3. The fourth-order valence-corrected chi connectivity index (χ4v) is 6.08. The van der Waals surface area contributed by atoms with Crippen LogP contribution in [0.3, 0.4) is 0 Å². The second-order valence-electron chi connectivity index (χ2n) is 11.6. The highest BCUT2D eigenvalue weighted by molar-refractivity contribution is 7.83. The molecule has 1 amide bonds. The average molecular weight is 660 g/mol. The van der Waals surface area contributed by atoms with Crippen LogP contribution in [0.4, 0.5) is 11.5 Å². The molecule has 11 heteroatoms. The van der Waals surface area contributed by atoms with E-state index >= 15 is 0 Å². The number of pyridine rings is 2. The summed E-state index contributed by atoms with van der Waals surface area (Å²) in [6, 6.07) is 28.0. The van der Waals surface area contributed by atoms with E-state index in [1.165, 1.54) is 0 Å². The number of hydrogen-bond donors (Lipinski definition) is 5. The molecule has 4 rings (SSSR count). The van der Waals surface area contributed by atoms with E-state index in [0.717, 1.165) is 56.1 Å². The van der Waals surface area contributed by atoms with Crippen LogP contribution in [0.2, 0.25) is 0 Å². The molecule has 10 nitrogen and oxygen atoms in total. The van der Waals surface area contributed by atoms with E-state index in [0.29, 0.717) is 30.0 Å². The molecule has 250 valence electrons. The summed E-state index contributed by atoms with van der Waals surface area (Å²) in [7, 11) is -4.11. The fraction of sp³-hybridized carbons (Fsp3) is 0.361. The number of aliphatic hydroxyl groups excluding tert-OH is 1. The summed E-state index contributed by atoms with van der Waals surface area (Å²) in [4.78, 5) is 22.3. The highest BCUT2D eigenvalue weighted by Gasteiger charge is 2.35. The molecule has 4 aromatic rings. The van der Waals surface area contributed by atoms with E-state index in [1.54, 1.807) is 12.4 Å². The van der Waals surface area contributed by atoms with E-state index in [2.05, 4.69) is 25.3 Å². The van der Waals surface area contributed by atoms with Crippen molar-refractivity contribution in [2.24, 2.45) is 0 Å². The third kappa shape index (κ3) is 12.2. The van der Waals surface area contributed by atoms with Gasteiger partial charge in [0.1, 0.15) is 5.82 Å². The Bertz CT molecular complexity index is 1590. The third-order valence-electron chi connectivity index (χ3n) is 8.02. The predicted octanol–water partition coefficient (Wildman–Crippen LogP) is 6.99. The number of aliphatic hydroxyl groups is 1. The minimum atomic E-state index is -4.11. The van der Waals surface area contributed by atoms with Crippen molar-refractivity contribution in [3.8, 4) is 0 Å². The molecule has 2 aromatic carbocycles. The minimum absolute atomic E-state index is 0.0710. The number of unbranched alkanes of at least 4 members (excludes halogenated alkanes) is 7. The van der Waals surface area contributed by atoms with Crippen LogP contribution in [0.1, 0.15) is 92.7 Å². The normalized spacial score (nSPS) is 13.4. The molecule has 0 radical (unpaired) electrons. The van der Waals surface area contributed by atoms with Crippen LogP contribution in [-0.2, 0) is 15.1 Å². The quantitative estimate of drug-likeness (QED) is 0.0503. The zero-order valence-corrected chi connectivity index (χ0v) is 27.4. The number of benzene rings is 2. The average Bonchev–Trinajstić information content (AvgIpc) is 3.08. The Morgan fingerprint density at radius 1 is 0.723 bits per heavy atom. The number of carbonyl (C=O) groups excluding carboxylic acids is 1. The number of hydrogen-bond acceptors (Lipinski definition) is 7. The molecule has 47 heavy (non-hydrogen) atoms. The van der Waals surface area contributed by atoms with E-state index in [1.807, 2.05) is 91.0 Å². The molecule has 2 heterocycles. The lowest BCUT2D eigenvalue weighted by molar-refractivity contribution is -0.116. The monoisotopic (exact) mass is 659 g/mol. The van der Waals surface area contributed by atoms with Gasteiger partial charge < -0.3 is 15.7 Å². The lowest BCUT2D eigenvalue weighted by atomic mass is 9.82. The maximum atomic E-state index is 13.2. The van der Waals surface area contributed by atoms with E-state index < -0.39 is 28.4 Å². The van der Waals surface area contributed by atoms with Crippen LogP contribution in [0, 0.1) is 0 Å². The van der Waals surface area contributed by atoms with Gasteiger partial charge in [-0.05, 0) is 54.3 Å². The summed E-state index contributed by atoms with van der Waals surface area (Å²) < 4.78 is 32.1. The van der Waals surface area contributed by atoms with Crippen LogP contribution >= 0.6 is 0 Å². The first-order valence-electron chi connectivity index (χ1n) is 16.2. The maximum Gasteiger partial charge on any atom is 0.333 e. The summed E-state index contributed by atoms with van der Waals surface area (Å²) in [5.41, 5.74) is 2.93. The Hall–Kier alpha value is -4.16. The van der Waals surface area contributed by atoms with Gasteiger partial charge in [-0.15, -0.1) is 0 Å². The molecule has 5 N–H and O–H groups in total. The Labute approximate surface area is 278 Å². The number of nitrogens with one attached hydrogen (secondary N) is 3. The predicted molar refractivity (Wildman–Crippen MR) is 185 cm³/mol. The molecule has 0 aliphatic carbocycles. The van der Waals surface area contributed by atoms with Gasteiger partial charge in [-0.3, -0.25) is 14.3 Å². The van der Waals surface area contributed by atoms with Gasteiger partial charge in [-0.2, -0.15) is 13.1 Å². The standard InChI is InChI=1S/C36H45N5O5S/c42-33(24-10-5-3-1-2-4-6-15-27-39-47(44,45)46)40-30-21-12-11-20-29(30)35(41-32-23-14-17-26-38-32)34(31-22-13-16-25-37-31)36(43)28-18-8-7-9-19-28/h7-9,11-14,16-23,25-26,34-36,39,43H,1-6,10,15,24,27H2,(H,38,41)(H,40,42)(H,44,45,46)/t34?,35-,36-/m1/s1. The van der Waals surface area contributed by atoms with Gasteiger partial charge >= 0.3 is 10.3 Å². The molecule has 0 aliphatic rings. The first kappa shape index (κ1) is 35.7. The first-order valence-corrected chi connectivity index (χ1v) is 17.7. The number of nitrogens with zero attached hydrogens (tertiary/aromatic N) is 2. The van der Waals surface area contributed by atoms with Crippen molar-refractivity contribution >= 4 is 27.7 Å². The zero-order valence-electron chi connectivity index (χ0n) is 26.5. The first-order chi connectivity index (χ1) is 22.8. The number of rotatable bonds is 20. The summed E-state index contributed by atoms with van der Waals surface area (Å²) in [5.74, 6) is 0.0330.